The van der Waals surface area contributed by atoms with Crippen LogP contribution in [0.1, 0.15) is 51.3 Å². The summed E-state index contributed by atoms with van der Waals surface area (Å²) in [4.78, 5) is 0. The zero-order valence-electron chi connectivity index (χ0n) is 8.91. The van der Waals surface area contributed by atoms with Gasteiger partial charge < -0.3 is 0 Å². The van der Waals surface area contributed by atoms with Gasteiger partial charge in [0, 0.05) is 0 Å². The molecule has 4 heteroatoms. The van der Waals surface area contributed by atoms with Gasteiger partial charge in [0.25, 0.3) is 0 Å². The Labute approximate surface area is 84.3 Å². The topological polar surface area (TPSA) is 30.7 Å². The van der Waals surface area contributed by atoms with E-state index in [4.69, 9.17) is 0 Å². The van der Waals surface area contributed by atoms with E-state index in [-0.39, 0.29) is 0 Å². The van der Waals surface area contributed by atoms with E-state index < -0.39 is 6.67 Å². The fraction of sp³-hybridized carbons (Fsp3) is 0.800. The lowest BCUT2D eigenvalue weighted by molar-refractivity contribution is 0.383. The van der Waals surface area contributed by atoms with Crippen molar-refractivity contribution in [2.24, 2.45) is 0 Å². The van der Waals surface area contributed by atoms with Crippen LogP contribution in [0.3, 0.4) is 0 Å². The molecule has 0 amide bonds. The first-order chi connectivity index (χ1) is 6.81. The zero-order chi connectivity index (χ0) is 10.4. The van der Waals surface area contributed by atoms with E-state index in [0.717, 1.165) is 25.7 Å². The van der Waals surface area contributed by atoms with Gasteiger partial charge in [-0.2, -0.15) is 0 Å². The van der Waals surface area contributed by atoms with Crippen LogP contribution < -0.4 is 0 Å². The molecule has 80 valence electrons. The van der Waals surface area contributed by atoms with E-state index in [2.05, 4.69) is 24.2 Å². The average molecular weight is 199 g/mol. The molecule has 0 bridgehead atoms. The minimum atomic E-state index is -0.523. The van der Waals surface area contributed by atoms with Crippen LogP contribution in [0.2, 0.25) is 0 Å². The van der Waals surface area contributed by atoms with Gasteiger partial charge in [-0.25, -0.2) is 9.07 Å². The van der Waals surface area contributed by atoms with Gasteiger partial charge in [0.1, 0.15) is 12.4 Å². The van der Waals surface area contributed by atoms with Gasteiger partial charge in [0.2, 0.25) is 0 Å². The number of alkyl halides is 1. The Morgan fingerprint density at radius 1 is 1.36 bits per heavy atom. The number of hydrogen-bond acceptors (Lipinski definition) is 2. The molecule has 0 saturated heterocycles. The Bertz CT molecular complexity index is 254. The molecule has 0 radical (unpaired) electrons. The quantitative estimate of drug-likeness (QED) is 0.705. The number of nitrogens with zero attached hydrogens (tertiary/aromatic N) is 3. The maximum Gasteiger partial charge on any atom is 0.135 e. The van der Waals surface area contributed by atoms with Crippen molar-refractivity contribution < 1.29 is 4.39 Å². The first-order valence-electron chi connectivity index (χ1n) is 5.28. The highest BCUT2D eigenvalue weighted by Gasteiger charge is 2.11. The molecule has 1 aromatic heterocycles. The third-order valence-electron chi connectivity index (χ3n) is 2.31. The molecular formula is C10H18FN3. The van der Waals surface area contributed by atoms with Gasteiger partial charge in [-0.05, 0) is 12.8 Å². The lowest BCUT2D eigenvalue weighted by Crippen LogP contribution is -2.09. The molecule has 0 atom stereocenters. The van der Waals surface area contributed by atoms with E-state index in [1.807, 2.05) is 4.68 Å². The second kappa shape index (κ2) is 5.73. The van der Waals surface area contributed by atoms with Crippen LogP contribution in [0.25, 0.3) is 0 Å². The zero-order valence-corrected chi connectivity index (χ0v) is 8.91. The van der Waals surface area contributed by atoms with Crippen molar-refractivity contribution in [1.29, 1.82) is 0 Å². The van der Waals surface area contributed by atoms with Gasteiger partial charge in [-0.3, -0.25) is 0 Å². The molecule has 1 heterocycles. The number of hydrogen-bond donors (Lipinski definition) is 0. The molecular weight excluding hydrogens is 181 g/mol. The summed E-state index contributed by atoms with van der Waals surface area (Å²) in [7, 11) is 0. The van der Waals surface area contributed by atoms with Gasteiger partial charge in [-0.1, -0.05) is 31.9 Å². The van der Waals surface area contributed by atoms with Crippen LogP contribution in [0.15, 0.2) is 6.20 Å². The third-order valence-corrected chi connectivity index (χ3v) is 2.31. The van der Waals surface area contributed by atoms with E-state index in [9.17, 15) is 4.39 Å². The summed E-state index contributed by atoms with van der Waals surface area (Å²) in [6.45, 7) is 3.77. The number of aromatic nitrogens is 3. The van der Waals surface area contributed by atoms with Crippen molar-refractivity contribution in [3.8, 4) is 0 Å². The van der Waals surface area contributed by atoms with Crippen LogP contribution in [0, 0.1) is 0 Å². The summed E-state index contributed by atoms with van der Waals surface area (Å²) in [5.74, 6) is 0. The van der Waals surface area contributed by atoms with E-state index in [0.29, 0.717) is 11.7 Å². The smallest absolute Gasteiger partial charge is 0.135 e. The molecule has 14 heavy (non-hydrogen) atoms. The lowest BCUT2D eigenvalue weighted by Gasteiger charge is -2.14. The van der Waals surface area contributed by atoms with E-state index in [1.165, 1.54) is 0 Å². The molecule has 0 aromatic carbocycles. The number of halogens is 1. The van der Waals surface area contributed by atoms with Gasteiger partial charge in [-0.15, -0.1) is 5.10 Å². The molecule has 1 aromatic rings. The van der Waals surface area contributed by atoms with Crippen LogP contribution in [0.4, 0.5) is 4.39 Å². The van der Waals surface area contributed by atoms with Gasteiger partial charge in [0.05, 0.1) is 12.2 Å². The normalized spacial score (nSPS) is 11.1. The summed E-state index contributed by atoms with van der Waals surface area (Å²) in [6, 6.07) is 0.387. The number of rotatable bonds is 6. The second-order valence-electron chi connectivity index (χ2n) is 3.55. The van der Waals surface area contributed by atoms with Crippen molar-refractivity contribution in [3.05, 3.63) is 11.9 Å². The molecule has 1 rings (SSSR count). The van der Waals surface area contributed by atoms with Crippen molar-refractivity contribution in [1.82, 2.24) is 15.0 Å². The van der Waals surface area contributed by atoms with Crippen molar-refractivity contribution >= 4 is 0 Å². The summed E-state index contributed by atoms with van der Waals surface area (Å²) in [6.07, 6.45) is 6.13. The first-order valence-corrected chi connectivity index (χ1v) is 5.28. The van der Waals surface area contributed by atoms with Crippen LogP contribution >= 0.6 is 0 Å². The standard InChI is InChI=1S/C10H18FN3/c1-3-5-10(6-4-2)14-8-9(7-11)12-13-14/h8,10H,3-7H2,1-2H3. The third kappa shape index (κ3) is 2.79. The Balaban J connectivity index is 2.65. The van der Waals surface area contributed by atoms with Crippen molar-refractivity contribution in [2.75, 3.05) is 0 Å². The largest absolute Gasteiger partial charge is 0.249 e. The molecule has 3 nitrogen and oxygen atoms in total. The van der Waals surface area contributed by atoms with Crippen LogP contribution in [-0.2, 0) is 6.67 Å². The van der Waals surface area contributed by atoms with E-state index in [1.54, 1.807) is 6.20 Å². The maximum absolute atomic E-state index is 12.3. The fourth-order valence-electron chi connectivity index (χ4n) is 1.63. The Kier molecular flexibility index (Phi) is 4.56. The van der Waals surface area contributed by atoms with Gasteiger partial charge in [0.15, 0.2) is 0 Å². The molecule has 0 aliphatic heterocycles. The molecule has 0 unspecified atom stereocenters. The van der Waals surface area contributed by atoms with E-state index >= 15 is 0 Å². The molecule has 0 saturated carbocycles. The maximum atomic E-state index is 12.3. The fourth-order valence-corrected chi connectivity index (χ4v) is 1.63. The summed E-state index contributed by atoms with van der Waals surface area (Å²) < 4.78 is 14.1. The van der Waals surface area contributed by atoms with Crippen molar-refractivity contribution in [3.63, 3.8) is 0 Å². The monoisotopic (exact) mass is 199 g/mol. The SMILES string of the molecule is CCCC(CCC)n1cc(CF)nn1. The molecule has 0 N–H and O–H groups in total. The highest BCUT2D eigenvalue weighted by atomic mass is 19.1. The Morgan fingerprint density at radius 2 is 2.00 bits per heavy atom. The predicted molar refractivity (Wildman–Crippen MR) is 53.7 cm³/mol. The first kappa shape index (κ1) is 11.1. The molecule has 0 spiro atoms. The highest BCUT2D eigenvalue weighted by molar-refractivity contribution is 4.90. The molecule has 0 fully saturated rings. The van der Waals surface area contributed by atoms with Crippen molar-refractivity contribution in [2.45, 2.75) is 52.2 Å². The second-order valence-corrected chi connectivity index (χ2v) is 3.55. The lowest BCUT2D eigenvalue weighted by atomic mass is 10.1. The Hall–Kier alpha value is -0.930. The highest BCUT2D eigenvalue weighted by Crippen LogP contribution is 2.18. The molecule has 0 aliphatic carbocycles. The molecule has 0 aliphatic rings. The average Bonchev–Trinajstić information content (AvgIpc) is 2.65. The Morgan fingerprint density at radius 3 is 2.43 bits per heavy atom. The predicted octanol–water partition coefficient (Wildman–Crippen LogP) is 2.89. The van der Waals surface area contributed by atoms with Crippen LogP contribution in [0.5, 0.6) is 0 Å². The minimum absolute atomic E-state index is 0.387. The summed E-state index contributed by atoms with van der Waals surface area (Å²) in [5.41, 5.74) is 0.433. The summed E-state index contributed by atoms with van der Waals surface area (Å²) in [5, 5.41) is 7.71. The van der Waals surface area contributed by atoms with Crippen LogP contribution in [-0.4, -0.2) is 15.0 Å². The minimum Gasteiger partial charge on any atom is -0.249 e. The van der Waals surface area contributed by atoms with Gasteiger partial charge >= 0.3 is 0 Å². The summed E-state index contributed by atoms with van der Waals surface area (Å²) >= 11 is 0.